The molecule has 1 amide bonds. The number of thiocarbonyl (C=S) groups is 1. The van der Waals surface area contributed by atoms with Crippen LogP contribution in [0, 0.1) is 6.92 Å². The normalized spacial score (nSPS) is 15.4. The van der Waals surface area contributed by atoms with E-state index in [9.17, 15) is 4.79 Å². The van der Waals surface area contributed by atoms with Crippen molar-refractivity contribution >= 4 is 23.2 Å². The minimum atomic E-state index is -0.170. The minimum absolute atomic E-state index is 0.170. The Morgan fingerprint density at radius 1 is 1.15 bits per heavy atom. The summed E-state index contributed by atoms with van der Waals surface area (Å²) in [5.41, 5.74) is 7.01. The topological polar surface area (TPSA) is 53.2 Å². The van der Waals surface area contributed by atoms with Gasteiger partial charge in [-0.1, -0.05) is 37.5 Å². The SMILES string of the molecule is Cc1ccccc1C(=O)NNC(=S)NC1CCCCC1. The number of hydrogen-bond acceptors (Lipinski definition) is 2. The summed E-state index contributed by atoms with van der Waals surface area (Å²) in [5, 5.41) is 3.73. The van der Waals surface area contributed by atoms with Gasteiger partial charge in [0.1, 0.15) is 0 Å². The minimum Gasteiger partial charge on any atom is -0.359 e. The maximum absolute atomic E-state index is 12.0. The summed E-state index contributed by atoms with van der Waals surface area (Å²) in [6.45, 7) is 1.91. The highest BCUT2D eigenvalue weighted by molar-refractivity contribution is 7.80. The molecule has 0 spiro atoms. The number of aryl methyl sites for hydroxylation is 1. The summed E-state index contributed by atoms with van der Waals surface area (Å²) in [6.07, 6.45) is 6.09. The van der Waals surface area contributed by atoms with E-state index in [1.807, 2.05) is 25.1 Å². The number of benzene rings is 1. The molecule has 1 aromatic rings. The van der Waals surface area contributed by atoms with Gasteiger partial charge in [-0.05, 0) is 43.6 Å². The molecule has 1 aromatic carbocycles. The number of carbonyl (C=O) groups excluding carboxylic acids is 1. The van der Waals surface area contributed by atoms with E-state index in [4.69, 9.17) is 12.2 Å². The van der Waals surface area contributed by atoms with Gasteiger partial charge in [0, 0.05) is 11.6 Å². The molecule has 20 heavy (non-hydrogen) atoms. The maximum Gasteiger partial charge on any atom is 0.269 e. The van der Waals surface area contributed by atoms with E-state index in [1.165, 1.54) is 19.3 Å². The Hall–Kier alpha value is -1.62. The molecule has 1 saturated carbocycles. The summed E-state index contributed by atoms with van der Waals surface area (Å²) in [6, 6.07) is 7.89. The maximum atomic E-state index is 12.0. The Morgan fingerprint density at radius 2 is 1.85 bits per heavy atom. The Morgan fingerprint density at radius 3 is 2.55 bits per heavy atom. The Kier molecular flexibility index (Phi) is 5.35. The van der Waals surface area contributed by atoms with E-state index in [1.54, 1.807) is 6.07 Å². The van der Waals surface area contributed by atoms with Crippen molar-refractivity contribution in [3.63, 3.8) is 0 Å². The predicted molar refractivity (Wildman–Crippen MR) is 84.4 cm³/mol. The van der Waals surface area contributed by atoms with Crippen LogP contribution >= 0.6 is 12.2 Å². The number of rotatable bonds is 2. The van der Waals surface area contributed by atoms with Crippen molar-refractivity contribution in [2.45, 2.75) is 45.1 Å². The third kappa shape index (κ3) is 4.20. The first-order chi connectivity index (χ1) is 9.66. The molecule has 1 fully saturated rings. The molecular weight excluding hydrogens is 270 g/mol. The van der Waals surface area contributed by atoms with Gasteiger partial charge < -0.3 is 5.32 Å². The van der Waals surface area contributed by atoms with Crippen molar-refractivity contribution in [2.75, 3.05) is 0 Å². The molecule has 0 radical (unpaired) electrons. The van der Waals surface area contributed by atoms with Crippen LogP contribution < -0.4 is 16.2 Å². The second kappa shape index (κ2) is 7.24. The van der Waals surface area contributed by atoms with Crippen LogP contribution in [0.5, 0.6) is 0 Å². The van der Waals surface area contributed by atoms with Crippen molar-refractivity contribution in [3.8, 4) is 0 Å². The number of nitrogens with one attached hydrogen (secondary N) is 3. The fourth-order valence-corrected chi connectivity index (χ4v) is 2.69. The standard InChI is InChI=1S/C15H21N3OS/c1-11-7-5-6-10-13(11)14(19)17-18-15(20)16-12-8-3-2-4-9-12/h5-7,10,12H,2-4,8-9H2,1H3,(H,17,19)(H2,16,18,20). The molecule has 0 atom stereocenters. The van der Waals surface area contributed by atoms with Crippen LogP contribution in [0.15, 0.2) is 24.3 Å². The molecule has 0 saturated heterocycles. The zero-order valence-electron chi connectivity index (χ0n) is 11.7. The fourth-order valence-electron chi connectivity index (χ4n) is 2.48. The van der Waals surface area contributed by atoms with Crippen LogP contribution in [-0.2, 0) is 0 Å². The smallest absolute Gasteiger partial charge is 0.269 e. The summed E-state index contributed by atoms with van der Waals surface area (Å²) in [4.78, 5) is 12.0. The van der Waals surface area contributed by atoms with E-state index in [0.29, 0.717) is 16.7 Å². The van der Waals surface area contributed by atoms with E-state index in [-0.39, 0.29) is 5.91 Å². The molecule has 0 bridgehead atoms. The molecule has 1 aliphatic rings. The van der Waals surface area contributed by atoms with E-state index < -0.39 is 0 Å². The van der Waals surface area contributed by atoms with Crippen LogP contribution in [0.25, 0.3) is 0 Å². The Bertz CT molecular complexity index is 484. The number of amides is 1. The van der Waals surface area contributed by atoms with Crippen LogP contribution in [0.4, 0.5) is 0 Å². The molecule has 0 aromatic heterocycles. The summed E-state index contributed by atoms with van der Waals surface area (Å²) in [7, 11) is 0. The van der Waals surface area contributed by atoms with Crippen molar-refractivity contribution in [1.29, 1.82) is 0 Å². The van der Waals surface area contributed by atoms with Crippen LogP contribution in [-0.4, -0.2) is 17.1 Å². The van der Waals surface area contributed by atoms with Crippen LogP contribution in [0.3, 0.4) is 0 Å². The van der Waals surface area contributed by atoms with Crippen molar-refractivity contribution in [1.82, 2.24) is 16.2 Å². The number of hydrazine groups is 1. The van der Waals surface area contributed by atoms with Crippen molar-refractivity contribution < 1.29 is 4.79 Å². The summed E-state index contributed by atoms with van der Waals surface area (Å²) in [5.74, 6) is -0.170. The third-order valence-corrected chi connectivity index (χ3v) is 3.84. The van der Waals surface area contributed by atoms with Crippen LogP contribution in [0.1, 0.15) is 48.0 Å². The molecule has 3 N–H and O–H groups in total. The van der Waals surface area contributed by atoms with E-state index in [0.717, 1.165) is 18.4 Å². The van der Waals surface area contributed by atoms with Gasteiger partial charge in [0.2, 0.25) is 0 Å². The molecule has 0 aliphatic heterocycles. The van der Waals surface area contributed by atoms with Gasteiger partial charge in [0.15, 0.2) is 5.11 Å². The first kappa shape index (κ1) is 14.8. The van der Waals surface area contributed by atoms with Gasteiger partial charge in [-0.15, -0.1) is 0 Å². The highest BCUT2D eigenvalue weighted by atomic mass is 32.1. The molecular formula is C15H21N3OS. The predicted octanol–water partition coefficient (Wildman–Crippen LogP) is 2.44. The number of hydrogen-bond donors (Lipinski definition) is 3. The second-order valence-corrected chi connectivity index (χ2v) is 5.61. The molecule has 4 nitrogen and oxygen atoms in total. The van der Waals surface area contributed by atoms with Gasteiger partial charge in [-0.25, -0.2) is 0 Å². The van der Waals surface area contributed by atoms with E-state index >= 15 is 0 Å². The lowest BCUT2D eigenvalue weighted by Crippen LogP contribution is -2.50. The zero-order valence-corrected chi connectivity index (χ0v) is 12.6. The fraction of sp³-hybridized carbons (Fsp3) is 0.467. The Labute approximate surface area is 125 Å². The largest absolute Gasteiger partial charge is 0.359 e. The molecule has 108 valence electrons. The highest BCUT2D eigenvalue weighted by Gasteiger charge is 2.14. The summed E-state index contributed by atoms with van der Waals surface area (Å²) < 4.78 is 0. The highest BCUT2D eigenvalue weighted by Crippen LogP contribution is 2.17. The molecule has 2 rings (SSSR count). The van der Waals surface area contributed by atoms with Gasteiger partial charge in [0.05, 0.1) is 0 Å². The third-order valence-electron chi connectivity index (χ3n) is 3.62. The van der Waals surface area contributed by atoms with Gasteiger partial charge in [-0.3, -0.25) is 15.6 Å². The quantitative estimate of drug-likeness (QED) is 0.579. The molecule has 0 heterocycles. The van der Waals surface area contributed by atoms with Crippen molar-refractivity contribution in [2.24, 2.45) is 0 Å². The molecule has 0 unspecified atom stereocenters. The van der Waals surface area contributed by atoms with Gasteiger partial charge in [-0.2, -0.15) is 0 Å². The van der Waals surface area contributed by atoms with Crippen LogP contribution in [0.2, 0.25) is 0 Å². The molecule has 5 heteroatoms. The average Bonchev–Trinajstić information content (AvgIpc) is 2.46. The zero-order chi connectivity index (χ0) is 14.4. The van der Waals surface area contributed by atoms with Gasteiger partial charge in [0.25, 0.3) is 5.91 Å². The Balaban J connectivity index is 1.78. The first-order valence-electron chi connectivity index (χ1n) is 7.09. The van der Waals surface area contributed by atoms with E-state index in [2.05, 4.69) is 16.2 Å². The monoisotopic (exact) mass is 291 g/mol. The first-order valence-corrected chi connectivity index (χ1v) is 7.50. The lowest BCUT2D eigenvalue weighted by molar-refractivity contribution is 0.0943. The second-order valence-electron chi connectivity index (χ2n) is 5.20. The number of carbonyl (C=O) groups is 1. The lowest BCUT2D eigenvalue weighted by atomic mass is 9.96. The average molecular weight is 291 g/mol. The summed E-state index contributed by atoms with van der Waals surface area (Å²) >= 11 is 5.20. The molecule has 1 aliphatic carbocycles. The van der Waals surface area contributed by atoms with Gasteiger partial charge >= 0.3 is 0 Å². The lowest BCUT2D eigenvalue weighted by Gasteiger charge is -2.24. The van der Waals surface area contributed by atoms with Crippen molar-refractivity contribution in [3.05, 3.63) is 35.4 Å².